The molecule has 0 aliphatic heterocycles. The van der Waals surface area contributed by atoms with Crippen LogP contribution in [0.2, 0.25) is 0 Å². The Morgan fingerprint density at radius 3 is 2.07 bits per heavy atom. The minimum atomic E-state index is -0.101. The maximum atomic E-state index is 11.7. The number of hydrogen-bond donors (Lipinski definition) is 0. The minimum absolute atomic E-state index is 0.0166. The van der Waals surface area contributed by atoms with Gasteiger partial charge in [-0.3, -0.25) is 9.59 Å². The van der Waals surface area contributed by atoms with Gasteiger partial charge in [0, 0.05) is 26.6 Å². The number of hydrogen-bond acceptors (Lipinski definition) is 2. The van der Waals surface area contributed by atoms with Gasteiger partial charge in [0.15, 0.2) is 0 Å². The second kappa shape index (κ2) is 7.04. The lowest BCUT2D eigenvalue weighted by Gasteiger charge is -2.24. The lowest BCUT2D eigenvalue weighted by Crippen LogP contribution is -2.42. The molecule has 4 nitrogen and oxygen atoms in total. The Labute approximate surface area is 91.5 Å². The molecule has 0 aromatic rings. The van der Waals surface area contributed by atoms with Crippen molar-refractivity contribution in [3.05, 3.63) is 12.7 Å². The summed E-state index contributed by atoms with van der Waals surface area (Å²) in [6.07, 6.45) is 1.62. The highest BCUT2D eigenvalue weighted by Crippen LogP contribution is 1.95. The Morgan fingerprint density at radius 2 is 1.73 bits per heavy atom. The van der Waals surface area contributed by atoms with Crippen LogP contribution in [0.25, 0.3) is 0 Å². The predicted molar refractivity (Wildman–Crippen MR) is 60.4 cm³/mol. The van der Waals surface area contributed by atoms with Crippen molar-refractivity contribution in [1.29, 1.82) is 0 Å². The Hall–Kier alpha value is -1.32. The molecule has 0 heterocycles. The van der Waals surface area contributed by atoms with Crippen molar-refractivity contribution in [3.8, 4) is 0 Å². The molecule has 0 aromatic heterocycles. The molecule has 0 aliphatic rings. The zero-order valence-corrected chi connectivity index (χ0v) is 9.82. The number of nitrogens with zero attached hydrogens (tertiary/aromatic N) is 2. The third-order valence-corrected chi connectivity index (χ3v) is 2.24. The van der Waals surface area contributed by atoms with Crippen molar-refractivity contribution in [2.24, 2.45) is 0 Å². The molecule has 0 saturated carbocycles. The molecule has 2 amide bonds. The Balaban J connectivity index is 4.33. The van der Waals surface area contributed by atoms with Crippen LogP contribution in [-0.4, -0.2) is 47.8 Å². The van der Waals surface area contributed by atoms with Crippen molar-refractivity contribution in [3.63, 3.8) is 0 Å². The zero-order valence-electron chi connectivity index (χ0n) is 9.82. The van der Waals surface area contributed by atoms with E-state index in [4.69, 9.17) is 0 Å². The van der Waals surface area contributed by atoms with Crippen molar-refractivity contribution in [2.75, 3.05) is 26.2 Å². The fraction of sp³-hybridized carbons (Fsp3) is 0.636. The van der Waals surface area contributed by atoms with Crippen LogP contribution in [0.4, 0.5) is 0 Å². The van der Waals surface area contributed by atoms with Crippen molar-refractivity contribution in [1.82, 2.24) is 9.80 Å². The fourth-order valence-electron chi connectivity index (χ4n) is 1.30. The average Bonchev–Trinajstić information content (AvgIpc) is 2.18. The largest absolute Gasteiger partial charge is 0.342 e. The van der Waals surface area contributed by atoms with Crippen LogP contribution in [0.5, 0.6) is 0 Å². The number of amides is 2. The second-order valence-corrected chi connectivity index (χ2v) is 3.25. The van der Waals surface area contributed by atoms with E-state index >= 15 is 0 Å². The van der Waals surface area contributed by atoms with E-state index in [9.17, 15) is 9.59 Å². The first kappa shape index (κ1) is 13.7. The summed E-state index contributed by atoms with van der Waals surface area (Å²) < 4.78 is 0. The molecule has 86 valence electrons. The molecule has 0 bridgehead atoms. The Morgan fingerprint density at radius 1 is 1.20 bits per heavy atom. The molecule has 0 aromatic carbocycles. The van der Waals surface area contributed by atoms with E-state index in [1.54, 1.807) is 11.0 Å². The first-order chi connectivity index (χ1) is 7.06. The summed E-state index contributed by atoms with van der Waals surface area (Å²) >= 11 is 0. The van der Waals surface area contributed by atoms with Gasteiger partial charge in [0.05, 0.1) is 0 Å². The van der Waals surface area contributed by atoms with Crippen LogP contribution in [0, 0.1) is 0 Å². The lowest BCUT2D eigenvalue weighted by atomic mass is 10.4. The average molecular weight is 212 g/mol. The fourth-order valence-corrected chi connectivity index (χ4v) is 1.30. The molecule has 0 rings (SSSR count). The van der Waals surface area contributed by atoms with E-state index in [1.807, 2.05) is 13.8 Å². The number of carbonyl (C=O) groups is 2. The summed E-state index contributed by atoms with van der Waals surface area (Å²) in [4.78, 5) is 26.1. The molecule has 0 spiro atoms. The van der Waals surface area contributed by atoms with Gasteiger partial charge >= 0.3 is 0 Å². The Bertz CT molecular complexity index is 235. The van der Waals surface area contributed by atoms with E-state index in [2.05, 4.69) is 6.58 Å². The molecule has 0 aliphatic carbocycles. The van der Waals surface area contributed by atoms with Gasteiger partial charge in [0.1, 0.15) is 6.54 Å². The van der Waals surface area contributed by atoms with Crippen LogP contribution in [0.1, 0.15) is 20.8 Å². The molecule has 0 fully saturated rings. The van der Waals surface area contributed by atoms with Crippen LogP contribution < -0.4 is 0 Å². The van der Waals surface area contributed by atoms with Gasteiger partial charge in [0.2, 0.25) is 11.8 Å². The van der Waals surface area contributed by atoms with Crippen LogP contribution in [-0.2, 0) is 9.59 Å². The van der Waals surface area contributed by atoms with E-state index in [0.29, 0.717) is 19.6 Å². The van der Waals surface area contributed by atoms with Gasteiger partial charge in [-0.25, -0.2) is 0 Å². The van der Waals surface area contributed by atoms with Gasteiger partial charge in [-0.2, -0.15) is 0 Å². The van der Waals surface area contributed by atoms with Gasteiger partial charge in [-0.05, 0) is 13.8 Å². The SMILES string of the molecule is C=CCN(CC(=O)N(CC)CC)C(C)=O. The highest BCUT2D eigenvalue weighted by molar-refractivity contribution is 5.83. The molecular formula is C11H20N2O2. The van der Waals surface area contributed by atoms with Gasteiger partial charge in [-0.1, -0.05) is 6.08 Å². The number of rotatable bonds is 6. The summed E-state index contributed by atoms with van der Waals surface area (Å²) in [7, 11) is 0. The van der Waals surface area contributed by atoms with Crippen LogP contribution in [0.15, 0.2) is 12.7 Å². The molecule has 15 heavy (non-hydrogen) atoms. The smallest absolute Gasteiger partial charge is 0.242 e. The van der Waals surface area contributed by atoms with E-state index in [1.165, 1.54) is 11.8 Å². The molecule has 4 heteroatoms. The zero-order chi connectivity index (χ0) is 11.8. The summed E-state index contributed by atoms with van der Waals surface area (Å²) in [5, 5.41) is 0. The van der Waals surface area contributed by atoms with Gasteiger partial charge in [-0.15, -0.1) is 6.58 Å². The third-order valence-electron chi connectivity index (χ3n) is 2.24. The number of carbonyl (C=O) groups excluding carboxylic acids is 2. The van der Waals surface area contributed by atoms with Crippen molar-refractivity contribution in [2.45, 2.75) is 20.8 Å². The third kappa shape index (κ3) is 4.63. The van der Waals surface area contributed by atoms with Crippen LogP contribution in [0.3, 0.4) is 0 Å². The first-order valence-electron chi connectivity index (χ1n) is 5.20. The first-order valence-corrected chi connectivity index (χ1v) is 5.20. The highest BCUT2D eigenvalue weighted by atomic mass is 16.2. The Kier molecular flexibility index (Phi) is 6.42. The normalized spacial score (nSPS) is 9.53. The van der Waals surface area contributed by atoms with Gasteiger partial charge < -0.3 is 9.80 Å². The molecule has 0 N–H and O–H groups in total. The molecule has 0 radical (unpaired) electrons. The van der Waals surface area contributed by atoms with Crippen LogP contribution >= 0.6 is 0 Å². The van der Waals surface area contributed by atoms with E-state index in [0.717, 1.165) is 0 Å². The maximum absolute atomic E-state index is 11.7. The highest BCUT2D eigenvalue weighted by Gasteiger charge is 2.15. The maximum Gasteiger partial charge on any atom is 0.242 e. The number of likely N-dealkylation sites (N-methyl/N-ethyl adjacent to an activating group) is 1. The molecule has 0 atom stereocenters. The monoisotopic (exact) mass is 212 g/mol. The van der Waals surface area contributed by atoms with E-state index < -0.39 is 0 Å². The minimum Gasteiger partial charge on any atom is -0.342 e. The molecule has 0 unspecified atom stereocenters. The lowest BCUT2D eigenvalue weighted by molar-refractivity contribution is -0.138. The standard InChI is InChI=1S/C11H20N2O2/c1-5-8-13(10(4)14)9-11(15)12(6-2)7-3/h5H,1,6-9H2,2-4H3. The van der Waals surface area contributed by atoms with E-state index in [-0.39, 0.29) is 18.4 Å². The summed E-state index contributed by atoms with van der Waals surface area (Å²) in [5.74, 6) is -0.118. The summed E-state index contributed by atoms with van der Waals surface area (Å²) in [6, 6.07) is 0. The topological polar surface area (TPSA) is 40.6 Å². The second-order valence-electron chi connectivity index (χ2n) is 3.25. The predicted octanol–water partition coefficient (Wildman–Crippen LogP) is 0.889. The van der Waals surface area contributed by atoms with Gasteiger partial charge in [0.25, 0.3) is 0 Å². The summed E-state index contributed by atoms with van der Waals surface area (Å²) in [6.45, 7) is 10.8. The van der Waals surface area contributed by atoms with Crippen molar-refractivity contribution < 1.29 is 9.59 Å². The summed E-state index contributed by atoms with van der Waals surface area (Å²) in [5.41, 5.74) is 0. The van der Waals surface area contributed by atoms with Crippen molar-refractivity contribution >= 4 is 11.8 Å². The molecule has 0 saturated heterocycles. The quantitative estimate of drug-likeness (QED) is 0.613. The molecular weight excluding hydrogens is 192 g/mol.